The van der Waals surface area contributed by atoms with Crippen molar-refractivity contribution in [3.8, 4) is 0 Å². The molecule has 0 saturated carbocycles. The van der Waals surface area contributed by atoms with Gasteiger partial charge in [-0.15, -0.1) is 0 Å². The van der Waals surface area contributed by atoms with Gasteiger partial charge < -0.3 is 4.74 Å². The predicted octanol–water partition coefficient (Wildman–Crippen LogP) is 3.08. The topological polar surface area (TPSA) is 26.3 Å². The van der Waals surface area contributed by atoms with Crippen molar-refractivity contribution < 1.29 is 9.53 Å². The average Bonchev–Trinajstić information content (AvgIpc) is 2.02. The predicted molar refractivity (Wildman–Crippen MR) is 54.5 cm³/mol. The van der Waals surface area contributed by atoms with Crippen LogP contribution in [0.3, 0.4) is 0 Å². The van der Waals surface area contributed by atoms with Gasteiger partial charge in [0.2, 0.25) is 0 Å². The van der Waals surface area contributed by atoms with Crippen molar-refractivity contribution in [2.24, 2.45) is 0 Å². The summed E-state index contributed by atoms with van der Waals surface area (Å²) in [5, 5.41) is 0. The minimum Gasteiger partial charge on any atom is -0.498 e. The van der Waals surface area contributed by atoms with Gasteiger partial charge in [-0.1, -0.05) is 26.2 Å². The zero-order valence-electron chi connectivity index (χ0n) is 8.93. The molecule has 0 aliphatic heterocycles. The molecule has 0 fully saturated rings. The molecule has 13 heavy (non-hydrogen) atoms. The highest BCUT2D eigenvalue weighted by Gasteiger charge is 1.93. The second-order valence-corrected chi connectivity index (χ2v) is 3.27. The first kappa shape index (κ1) is 12.2. The smallest absolute Gasteiger partial charge is 0.155 e. The van der Waals surface area contributed by atoms with Crippen LogP contribution >= 0.6 is 0 Å². The Morgan fingerprint density at radius 2 is 1.92 bits per heavy atom. The summed E-state index contributed by atoms with van der Waals surface area (Å²) in [5.41, 5.74) is 0. The summed E-state index contributed by atoms with van der Waals surface area (Å²) in [6.07, 6.45) is 6.32. The number of ether oxygens (including phenoxy) is 1. The molecule has 0 aromatic rings. The molecule has 0 N–H and O–H groups in total. The third-order valence-electron chi connectivity index (χ3n) is 1.73. The van der Waals surface area contributed by atoms with E-state index in [4.69, 9.17) is 4.74 Å². The van der Waals surface area contributed by atoms with E-state index in [9.17, 15) is 4.79 Å². The number of carbonyl (C=O) groups is 1. The van der Waals surface area contributed by atoms with Crippen LogP contribution in [-0.2, 0) is 9.53 Å². The molecule has 0 spiro atoms. The number of hydrogen-bond donors (Lipinski definition) is 0. The molecule has 2 nitrogen and oxygen atoms in total. The van der Waals surface area contributed by atoms with Gasteiger partial charge in [0.15, 0.2) is 5.78 Å². The fraction of sp³-hybridized carbons (Fsp3) is 0.727. The zero-order valence-corrected chi connectivity index (χ0v) is 8.93. The molecule has 0 saturated heterocycles. The minimum atomic E-state index is 0.0473. The van der Waals surface area contributed by atoms with Gasteiger partial charge in [-0.25, -0.2) is 0 Å². The molecule has 0 aromatic heterocycles. The lowest BCUT2D eigenvalue weighted by molar-refractivity contribution is -0.112. The fourth-order valence-electron chi connectivity index (χ4n) is 1.09. The normalized spacial score (nSPS) is 11.5. The Morgan fingerprint density at radius 1 is 1.23 bits per heavy atom. The van der Waals surface area contributed by atoms with Crippen molar-refractivity contribution in [3.05, 3.63) is 11.8 Å². The first-order valence-corrected chi connectivity index (χ1v) is 4.98. The van der Waals surface area contributed by atoms with Crippen LogP contribution in [0.2, 0.25) is 0 Å². The lowest BCUT2D eigenvalue weighted by Gasteiger charge is -2.04. The number of ketones is 1. The van der Waals surface area contributed by atoms with Gasteiger partial charge in [-0.2, -0.15) is 0 Å². The molecule has 0 radical (unpaired) electrons. The molecular weight excluding hydrogens is 164 g/mol. The van der Waals surface area contributed by atoms with Crippen LogP contribution in [0.5, 0.6) is 0 Å². The first-order valence-electron chi connectivity index (χ1n) is 4.98. The second kappa shape index (κ2) is 7.84. The highest BCUT2D eigenvalue weighted by atomic mass is 16.5. The van der Waals surface area contributed by atoms with Gasteiger partial charge in [-0.05, 0) is 20.3 Å². The standard InChI is InChI=1S/C11H20O2/c1-4-5-6-7-8-13-11(3)9-10(2)12/h9H,4-8H2,1-3H3/b11-9-. The Bertz CT molecular complexity index is 171. The molecule has 2 heteroatoms. The molecule has 0 heterocycles. The summed E-state index contributed by atoms with van der Waals surface area (Å²) in [4.78, 5) is 10.6. The van der Waals surface area contributed by atoms with Crippen molar-refractivity contribution in [2.75, 3.05) is 6.61 Å². The van der Waals surface area contributed by atoms with Gasteiger partial charge in [0.1, 0.15) is 0 Å². The SMILES string of the molecule is CCCCCCO/C(C)=C\C(C)=O. The van der Waals surface area contributed by atoms with Crippen LogP contribution in [0.4, 0.5) is 0 Å². The molecular formula is C11H20O2. The molecule has 0 aliphatic carbocycles. The number of allylic oxidation sites excluding steroid dienone is 2. The average molecular weight is 184 g/mol. The Kier molecular flexibility index (Phi) is 7.36. The largest absolute Gasteiger partial charge is 0.498 e. The van der Waals surface area contributed by atoms with Crippen LogP contribution in [0, 0.1) is 0 Å². The maximum atomic E-state index is 10.6. The number of hydrogen-bond acceptors (Lipinski definition) is 2. The highest BCUT2D eigenvalue weighted by Crippen LogP contribution is 2.02. The lowest BCUT2D eigenvalue weighted by atomic mass is 10.2. The van der Waals surface area contributed by atoms with Crippen LogP contribution in [-0.4, -0.2) is 12.4 Å². The first-order chi connectivity index (χ1) is 6.16. The van der Waals surface area contributed by atoms with Crippen molar-refractivity contribution >= 4 is 5.78 Å². The van der Waals surface area contributed by atoms with E-state index in [1.165, 1.54) is 32.3 Å². The Morgan fingerprint density at radius 3 is 2.46 bits per heavy atom. The third kappa shape index (κ3) is 9.12. The van der Waals surface area contributed by atoms with Crippen LogP contribution in [0.1, 0.15) is 46.5 Å². The van der Waals surface area contributed by atoms with Crippen molar-refractivity contribution in [1.29, 1.82) is 0 Å². The summed E-state index contributed by atoms with van der Waals surface area (Å²) in [6.45, 7) is 6.27. The maximum Gasteiger partial charge on any atom is 0.155 e. The molecule has 0 unspecified atom stereocenters. The molecule has 0 bridgehead atoms. The van der Waals surface area contributed by atoms with E-state index in [0.717, 1.165) is 18.8 Å². The van der Waals surface area contributed by atoms with E-state index in [1.807, 2.05) is 6.92 Å². The molecule has 0 aliphatic rings. The van der Waals surface area contributed by atoms with Gasteiger partial charge in [0.25, 0.3) is 0 Å². The number of rotatable bonds is 7. The molecule has 76 valence electrons. The lowest BCUT2D eigenvalue weighted by Crippen LogP contribution is -1.94. The third-order valence-corrected chi connectivity index (χ3v) is 1.73. The summed E-state index contributed by atoms with van der Waals surface area (Å²) < 4.78 is 5.34. The summed E-state index contributed by atoms with van der Waals surface area (Å²) in [7, 11) is 0. The number of unbranched alkanes of at least 4 members (excludes halogenated alkanes) is 3. The van der Waals surface area contributed by atoms with Crippen molar-refractivity contribution in [2.45, 2.75) is 46.5 Å². The van der Waals surface area contributed by atoms with Crippen molar-refractivity contribution in [1.82, 2.24) is 0 Å². The van der Waals surface area contributed by atoms with E-state index >= 15 is 0 Å². The van der Waals surface area contributed by atoms with Crippen molar-refractivity contribution in [3.63, 3.8) is 0 Å². The molecule has 0 amide bonds. The second-order valence-electron chi connectivity index (χ2n) is 3.27. The monoisotopic (exact) mass is 184 g/mol. The summed E-state index contributed by atoms with van der Waals surface area (Å²) in [5.74, 6) is 0.773. The Balaban J connectivity index is 3.37. The molecule has 0 atom stereocenters. The van der Waals surface area contributed by atoms with Gasteiger partial charge in [0.05, 0.1) is 12.4 Å². The zero-order chi connectivity index (χ0) is 10.1. The van der Waals surface area contributed by atoms with Crippen LogP contribution in [0.25, 0.3) is 0 Å². The van der Waals surface area contributed by atoms with Crippen LogP contribution < -0.4 is 0 Å². The fourth-order valence-corrected chi connectivity index (χ4v) is 1.09. The van der Waals surface area contributed by atoms with E-state index < -0.39 is 0 Å². The quantitative estimate of drug-likeness (QED) is 0.345. The summed E-state index contributed by atoms with van der Waals surface area (Å²) >= 11 is 0. The Hall–Kier alpha value is -0.790. The van der Waals surface area contributed by atoms with E-state index in [0.29, 0.717) is 0 Å². The highest BCUT2D eigenvalue weighted by molar-refractivity contribution is 5.87. The minimum absolute atomic E-state index is 0.0473. The van der Waals surface area contributed by atoms with Crippen LogP contribution in [0.15, 0.2) is 11.8 Å². The number of carbonyl (C=O) groups excluding carboxylic acids is 1. The maximum absolute atomic E-state index is 10.6. The van der Waals surface area contributed by atoms with Gasteiger partial charge >= 0.3 is 0 Å². The van der Waals surface area contributed by atoms with E-state index in [-0.39, 0.29) is 5.78 Å². The van der Waals surface area contributed by atoms with Gasteiger partial charge in [-0.3, -0.25) is 4.79 Å². The molecule has 0 aromatic carbocycles. The van der Waals surface area contributed by atoms with Gasteiger partial charge in [0, 0.05) is 6.08 Å². The van der Waals surface area contributed by atoms with E-state index in [1.54, 1.807) is 0 Å². The summed E-state index contributed by atoms with van der Waals surface area (Å²) in [6, 6.07) is 0. The molecule has 0 rings (SSSR count). The Labute approximate surface area is 81.0 Å². The van der Waals surface area contributed by atoms with E-state index in [2.05, 4.69) is 6.92 Å².